The molecule has 3 nitrogen and oxygen atoms in total. The van der Waals surface area contributed by atoms with Crippen molar-refractivity contribution in [2.45, 2.75) is 6.61 Å². The number of ether oxygens (including phenoxy) is 1. The van der Waals surface area contributed by atoms with Crippen LogP contribution < -0.4 is 10.1 Å². The highest BCUT2D eigenvalue weighted by atomic mass is 19.3. The van der Waals surface area contributed by atoms with Gasteiger partial charge in [0.15, 0.2) is 0 Å². The van der Waals surface area contributed by atoms with Gasteiger partial charge in [-0.15, -0.1) is 6.42 Å². The summed E-state index contributed by atoms with van der Waals surface area (Å²) in [5.41, 5.74) is 1.56. The molecule has 1 amide bonds. The van der Waals surface area contributed by atoms with Gasteiger partial charge in [0.2, 0.25) is 5.91 Å². The molecule has 0 spiro atoms. The summed E-state index contributed by atoms with van der Waals surface area (Å²) < 4.78 is 29.0. The number of rotatable bonds is 5. The third kappa shape index (κ3) is 4.97. The smallest absolute Gasteiger partial charge is 0.387 e. The first-order valence-corrected chi connectivity index (χ1v) is 6.68. The standard InChI is InChI=1S/C18H13F2NO2/c1-2-13-6-5-8-15(12-13)21-17(22)11-10-14-7-3-4-9-16(14)23-18(19)20/h1,3-12,18H,(H,21,22)/b11-10+. The van der Waals surface area contributed by atoms with Crippen LogP contribution in [0.1, 0.15) is 11.1 Å². The lowest BCUT2D eigenvalue weighted by atomic mass is 10.2. The van der Waals surface area contributed by atoms with Crippen LogP contribution in [-0.4, -0.2) is 12.5 Å². The van der Waals surface area contributed by atoms with Crippen LogP contribution in [0.5, 0.6) is 5.75 Å². The van der Waals surface area contributed by atoms with Crippen molar-refractivity contribution in [1.29, 1.82) is 0 Å². The lowest BCUT2D eigenvalue weighted by molar-refractivity contribution is -0.111. The van der Waals surface area contributed by atoms with Crippen LogP contribution in [0.2, 0.25) is 0 Å². The molecule has 0 aliphatic heterocycles. The van der Waals surface area contributed by atoms with E-state index in [1.165, 1.54) is 18.2 Å². The summed E-state index contributed by atoms with van der Waals surface area (Å²) >= 11 is 0. The molecule has 116 valence electrons. The molecule has 0 unspecified atom stereocenters. The summed E-state index contributed by atoms with van der Waals surface area (Å²) in [5, 5.41) is 2.64. The molecule has 1 N–H and O–H groups in total. The summed E-state index contributed by atoms with van der Waals surface area (Å²) in [7, 11) is 0. The fraction of sp³-hybridized carbons (Fsp3) is 0.0556. The first-order chi connectivity index (χ1) is 11.1. The van der Waals surface area contributed by atoms with Gasteiger partial charge < -0.3 is 10.1 Å². The zero-order valence-electron chi connectivity index (χ0n) is 12.0. The highest BCUT2D eigenvalue weighted by molar-refractivity contribution is 6.02. The van der Waals surface area contributed by atoms with Gasteiger partial charge >= 0.3 is 6.61 Å². The van der Waals surface area contributed by atoms with Crippen molar-refractivity contribution in [1.82, 2.24) is 0 Å². The van der Waals surface area contributed by atoms with Gasteiger partial charge in [-0.1, -0.05) is 30.2 Å². The average Bonchev–Trinajstić information content (AvgIpc) is 2.53. The van der Waals surface area contributed by atoms with Crippen LogP contribution in [0.25, 0.3) is 6.08 Å². The minimum atomic E-state index is -2.93. The molecule has 5 heteroatoms. The molecule has 23 heavy (non-hydrogen) atoms. The number of terminal acetylenes is 1. The van der Waals surface area contributed by atoms with E-state index < -0.39 is 12.5 Å². The van der Waals surface area contributed by atoms with Crippen molar-refractivity contribution in [2.24, 2.45) is 0 Å². The summed E-state index contributed by atoms with van der Waals surface area (Å²) in [4.78, 5) is 11.9. The maximum absolute atomic E-state index is 12.3. The number of para-hydroxylation sites is 1. The zero-order valence-corrected chi connectivity index (χ0v) is 12.0. The van der Waals surface area contributed by atoms with E-state index in [2.05, 4.69) is 16.0 Å². The number of anilines is 1. The molecule has 2 aromatic rings. The zero-order chi connectivity index (χ0) is 16.7. The molecule has 0 saturated carbocycles. The largest absolute Gasteiger partial charge is 0.434 e. The molecular formula is C18H13F2NO2. The Kier molecular flexibility index (Phi) is 5.48. The van der Waals surface area contributed by atoms with Crippen LogP contribution >= 0.6 is 0 Å². The predicted octanol–water partition coefficient (Wildman–Crippen LogP) is 3.92. The van der Waals surface area contributed by atoms with E-state index in [0.29, 0.717) is 16.8 Å². The number of halogens is 2. The lowest BCUT2D eigenvalue weighted by Gasteiger charge is -2.07. The van der Waals surface area contributed by atoms with Crippen molar-refractivity contribution < 1.29 is 18.3 Å². The Morgan fingerprint density at radius 3 is 2.74 bits per heavy atom. The number of amides is 1. The van der Waals surface area contributed by atoms with Gasteiger partial charge in [-0.3, -0.25) is 4.79 Å². The molecule has 0 aromatic heterocycles. The average molecular weight is 313 g/mol. The van der Waals surface area contributed by atoms with Crippen molar-refractivity contribution >= 4 is 17.7 Å². The Morgan fingerprint density at radius 1 is 1.22 bits per heavy atom. The van der Waals surface area contributed by atoms with E-state index in [-0.39, 0.29) is 5.75 Å². The second-order valence-corrected chi connectivity index (χ2v) is 4.46. The van der Waals surface area contributed by atoms with E-state index in [4.69, 9.17) is 6.42 Å². The molecule has 0 radical (unpaired) electrons. The Hall–Kier alpha value is -3.13. The van der Waals surface area contributed by atoms with Crippen LogP contribution in [0.3, 0.4) is 0 Å². The van der Waals surface area contributed by atoms with Crippen molar-refractivity contribution in [3.8, 4) is 18.1 Å². The number of alkyl halides is 2. The number of hydrogen-bond acceptors (Lipinski definition) is 2. The van der Waals surface area contributed by atoms with Crippen LogP contribution in [0.15, 0.2) is 54.6 Å². The lowest BCUT2D eigenvalue weighted by Crippen LogP contribution is -2.08. The van der Waals surface area contributed by atoms with Gasteiger partial charge in [0.05, 0.1) is 0 Å². The first-order valence-electron chi connectivity index (χ1n) is 6.68. The highest BCUT2D eigenvalue weighted by Gasteiger charge is 2.07. The van der Waals surface area contributed by atoms with Crippen LogP contribution in [0.4, 0.5) is 14.5 Å². The summed E-state index contributed by atoms with van der Waals surface area (Å²) in [6.45, 7) is -2.93. The SMILES string of the molecule is C#Cc1cccc(NC(=O)/C=C/c2ccccc2OC(F)F)c1. The van der Waals surface area contributed by atoms with E-state index in [9.17, 15) is 13.6 Å². The minimum Gasteiger partial charge on any atom is -0.434 e. The highest BCUT2D eigenvalue weighted by Crippen LogP contribution is 2.21. The fourth-order valence-corrected chi connectivity index (χ4v) is 1.86. The van der Waals surface area contributed by atoms with Crippen LogP contribution in [-0.2, 0) is 4.79 Å². The maximum Gasteiger partial charge on any atom is 0.387 e. The minimum absolute atomic E-state index is 0.000814. The monoisotopic (exact) mass is 313 g/mol. The van der Waals surface area contributed by atoms with Gasteiger partial charge in [0.25, 0.3) is 0 Å². The van der Waals surface area contributed by atoms with E-state index in [0.717, 1.165) is 0 Å². The topological polar surface area (TPSA) is 38.3 Å². The quantitative estimate of drug-likeness (QED) is 0.671. The van der Waals surface area contributed by atoms with Gasteiger partial charge in [-0.2, -0.15) is 8.78 Å². The second kappa shape index (κ2) is 7.76. The van der Waals surface area contributed by atoms with Crippen LogP contribution in [0, 0.1) is 12.3 Å². The third-order valence-electron chi connectivity index (χ3n) is 2.85. The normalized spacial score (nSPS) is 10.5. The summed E-state index contributed by atoms with van der Waals surface area (Å²) in [5.74, 6) is 2.06. The molecule has 0 atom stereocenters. The van der Waals surface area contributed by atoms with Gasteiger partial charge in [-0.25, -0.2) is 0 Å². The van der Waals surface area contributed by atoms with E-state index >= 15 is 0 Å². The Balaban J connectivity index is 2.08. The second-order valence-electron chi connectivity index (χ2n) is 4.46. The molecule has 2 rings (SSSR count). The molecule has 2 aromatic carbocycles. The van der Waals surface area contributed by atoms with Gasteiger partial charge in [0.1, 0.15) is 5.75 Å². The predicted molar refractivity (Wildman–Crippen MR) is 85.1 cm³/mol. The Labute approximate surface area is 132 Å². The first kappa shape index (κ1) is 16.2. The fourth-order valence-electron chi connectivity index (χ4n) is 1.86. The number of carbonyl (C=O) groups excluding carboxylic acids is 1. The molecule has 0 fully saturated rings. The van der Waals surface area contributed by atoms with Gasteiger partial charge in [-0.05, 0) is 30.3 Å². The maximum atomic E-state index is 12.3. The summed E-state index contributed by atoms with van der Waals surface area (Å²) in [6.07, 6.45) is 7.92. The molecule has 0 bridgehead atoms. The number of hydrogen-bond donors (Lipinski definition) is 1. The van der Waals surface area contributed by atoms with E-state index in [1.54, 1.807) is 42.5 Å². The van der Waals surface area contributed by atoms with Gasteiger partial charge in [0, 0.05) is 22.9 Å². The van der Waals surface area contributed by atoms with Crippen molar-refractivity contribution in [2.75, 3.05) is 5.32 Å². The van der Waals surface area contributed by atoms with E-state index in [1.807, 2.05) is 0 Å². The molecule has 0 aliphatic rings. The molecular weight excluding hydrogens is 300 g/mol. The number of nitrogens with one attached hydrogen (secondary N) is 1. The molecule has 0 aliphatic carbocycles. The Bertz CT molecular complexity index is 764. The number of benzene rings is 2. The summed E-state index contributed by atoms with van der Waals surface area (Å²) in [6, 6.07) is 13.0. The molecule has 0 heterocycles. The number of carbonyl (C=O) groups is 1. The van der Waals surface area contributed by atoms with Crippen molar-refractivity contribution in [3.05, 3.63) is 65.7 Å². The third-order valence-corrected chi connectivity index (χ3v) is 2.85. The van der Waals surface area contributed by atoms with Crippen molar-refractivity contribution in [3.63, 3.8) is 0 Å². The molecule has 0 saturated heterocycles. The Morgan fingerprint density at radius 2 is 2.00 bits per heavy atom.